The summed E-state index contributed by atoms with van der Waals surface area (Å²) >= 11 is 1.31. The molecule has 0 saturated carbocycles. The molecule has 0 aliphatic carbocycles. The average Bonchev–Trinajstić information content (AvgIpc) is 2.85. The summed E-state index contributed by atoms with van der Waals surface area (Å²) < 4.78 is 5.17. The number of nitrogens with one attached hydrogen (secondary N) is 1. The van der Waals surface area contributed by atoms with E-state index in [1.54, 1.807) is 26.1 Å². The average molecular weight is 360 g/mol. The fourth-order valence-electron chi connectivity index (χ4n) is 2.21. The van der Waals surface area contributed by atoms with Crippen LogP contribution in [-0.4, -0.2) is 31.4 Å². The summed E-state index contributed by atoms with van der Waals surface area (Å²) in [6, 6.07) is 9.08. The Morgan fingerprint density at radius 3 is 2.40 bits per heavy atom. The van der Waals surface area contributed by atoms with E-state index in [1.807, 2.05) is 25.1 Å². The molecular formula is C18H20N2O4S. The molecule has 1 aromatic heterocycles. The van der Waals surface area contributed by atoms with Gasteiger partial charge in [0.1, 0.15) is 5.00 Å². The molecule has 25 heavy (non-hydrogen) atoms. The van der Waals surface area contributed by atoms with E-state index >= 15 is 0 Å². The molecule has 6 nitrogen and oxygen atoms in total. The molecule has 0 aliphatic rings. The van der Waals surface area contributed by atoms with Gasteiger partial charge in [-0.3, -0.25) is 9.59 Å². The summed E-state index contributed by atoms with van der Waals surface area (Å²) in [5, 5.41) is 3.08. The summed E-state index contributed by atoms with van der Waals surface area (Å²) in [5.74, 6) is -1.24. The van der Waals surface area contributed by atoms with E-state index in [0.29, 0.717) is 16.3 Å². The largest absolute Gasteiger partial charge is 0.452 e. The van der Waals surface area contributed by atoms with Crippen LogP contribution in [0.3, 0.4) is 0 Å². The Morgan fingerprint density at radius 1 is 1.16 bits per heavy atom. The number of ether oxygens (including phenoxy) is 1. The van der Waals surface area contributed by atoms with Crippen LogP contribution in [0.5, 0.6) is 0 Å². The number of thiophene rings is 1. The van der Waals surface area contributed by atoms with Gasteiger partial charge in [0.2, 0.25) is 5.91 Å². The van der Waals surface area contributed by atoms with Gasteiger partial charge >= 0.3 is 5.97 Å². The molecule has 0 fully saturated rings. The van der Waals surface area contributed by atoms with Crippen molar-refractivity contribution in [2.24, 2.45) is 0 Å². The second kappa shape index (κ2) is 7.94. The zero-order valence-corrected chi connectivity index (χ0v) is 15.4. The number of aryl methyl sites for hydroxylation is 1. The first kappa shape index (κ1) is 18.7. The Kier molecular flexibility index (Phi) is 5.93. The molecule has 7 heteroatoms. The number of para-hydroxylation sites is 1. The monoisotopic (exact) mass is 360 g/mol. The fourth-order valence-corrected chi connectivity index (χ4v) is 3.31. The van der Waals surface area contributed by atoms with Crippen molar-refractivity contribution in [1.29, 1.82) is 0 Å². The summed E-state index contributed by atoms with van der Waals surface area (Å²) in [6.07, 6.45) is 0. The lowest BCUT2D eigenvalue weighted by atomic mass is 10.1. The highest BCUT2D eigenvalue weighted by atomic mass is 32.1. The maximum atomic E-state index is 12.4. The van der Waals surface area contributed by atoms with Gasteiger partial charge in [0.05, 0.1) is 5.56 Å². The molecule has 1 N–H and O–H groups in total. The van der Waals surface area contributed by atoms with Crippen LogP contribution in [0.4, 0.5) is 10.7 Å². The van der Waals surface area contributed by atoms with Crippen LogP contribution in [0.25, 0.3) is 0 Å². The number of rotatable bonds is 5. The van der Waals surface area contributed by atoms with E-state index in [4.69, 9.17) is 4.74 Å². The highest BCUT2D eigenvalue weighted by Crippen LogP contribution is 2.33. The van der Waals surface area contributed by atoms with Gasteiger partial charge < -0.3 is 15.0 Å². The van der Waals surface area contributed by atoms with E-state index in [2.05, 4.69) is 5.32 Å². The minimum Gasteiger partial charge on any atom is -0.452 e. The number of hydrogen-bond acceptors (Lipinski definition) is 5. The van der Waals surface area contributed by atoms with Gasteiger partial charge in [-0.05, 0) is 31.5 Å². The molecule has 0 spiro atoms. The molecule has 0 radical (unpaired) electrons. The Labute approximate surface area is 150 Å². The van der Waals surface area contributed by atoms with Gasteiger partial charge in [-0.25, -0.2) is 4.79 Å². The van der Waals surface area contributed by atoms with Crippen LogP contribution in [0.15, 0.2) is 30.3 Å². The molecule has 132 valence electrons. The van der Waals surface area contributed by atoms with Crippen LogP contribution < -0.4 is 10.2 Å². The Bertz CT molecular complexity index is 799. The van der Waals surface area contributed by atoms with Crippen molar-refractivity contribution in [3.05, 3.63) is 46.3 Å². The number of carbonyl (C=O) groups excluding carboxylic acids is 3. The topological polar surface area (TPSA) is 75.7 Å². The molecule has 0 aliphatic heterocycles. The minimum atomic E-state index is -0.625. The van der Waals surface area contributed by atoms with Crippen LogP contribution in [0.1, 0.15) is 27.7 Å². The molecule has 2 aromatic rings. The molecule has 0 unspecified atom stereocenters. The van der Waals surface area contributed by atoms with Crippen molar-refractivity contribution in [3.63, 3.8) is 0 Å². The lowest BCUT2D eigenvalue weighted by Gasteiger charge is -2.17. The van der Waals surface area contributed by atoms with E-state index < -0.39 is 5.97 Å². The third-order valence-electron chi connectivity index (χ3n) is 3.72. The quantitative estimate of drug-likeness (QED) is 0.831. The van der Waals surface area contributed by atoms with Gasteiger partial charge in [-0.2, -0.15) is 0 Å². The first-order valence-corrected chi connectivity index (χ1v) is 8.49. The van der Waals surface area contributed by atoms with Gasteiger partial charge in [-0.1, -0.05) is 18.2 Å². The van der Waals surface area contributed by atoms with Gasteiger partial charge in [0.25, 0.3) is 5.91 Å². The van der Waals surface area contributed by atoms with Gasteiger partial charge in [0, 0.05) is 24.5 Å². The number of carbonyl (C=O) groups is 3. The van der Waals surface area contributed by atoms with E-state index in [0.717, 1.165) is 10.4 Å². The van der Waals surface area contributed by atoms with Crippen molar-refractivity contribution in [2.75, 3.05) is 23.9 Å². The van der Waals surface area contributed by atoms with Crippen LogP contribution >= 0.6 is 11.3 Å². The zero-order chi connectivity index (χ0) is 18.6. The van der Waals surface area contributed by atoms with Crippen LogP contribution in [0.2, 0.25) is 0 Å². The SMILES string of the molecule is CC(=O)Nc1sc(C)c(C)c1C(=O)OCC(=O)N(C)c1ccccc1. The third-order valence-corrected chi connectivity index (χ3v) is 4.85. The van der Waals surface area contributed by atoms with E-state index in [9.17, 15) is 14.4 Å². The molecular weight excluding hydrogens is 340 g/mol. The molecule has 2 rings (SSSR count). The molecule has 1 aromatic carbocycles. The first-order valence-electron chi connectivity index (χ1n) is 7.67. The number of amides is 2. The molecule has 0 saturated heterocycles. The smallest absolute Gasteiger partial charge is 0.341 e. The van der Waals surface area contributed by atoms with Gasteiger partial charge in [-0.15, -0.1) is 11.3 Å². The number of hydrogen-bond donors (Lipinski definition) is 1. The van der Waals surface area contributed by atoms with Crippen LogP contribution in [0, 0.1) is 13.8 Å². The van der Waals surface area contributed by atoms with Crippen molar-refractivity contribution in [1.82, 2.24) is 0 Å². The molecule has 0 bridgehead atoms. The molecule has 2 amide bonds. The van der Waals surface area contributed by atoms with Gasteiger partial charge in [0.15, 0.2) is 6.61 Å². The number of esters is 1. The van der Waals surface area contributed by atoms with Crippen molar-refractivity contribution in [3.8, 4) is 0 Å². The summed E-state index contributed by atoms with van der Waals surface area (Å²) in [7, 11) is 1.62. The Balaban J connectivity index is 2.08. The Morgan fingerprint density at radius 2 is 1.80 bits per heavy atom. The zero-order valence-electron chi connectivity index (χ0n) is 14.6. The third kappa shape index (κ3) is 4.45. The lowest BCUT2D eigenvalue weighted by molar-refractivity contribution is -0.121. The van der Waals surface area contributed by atoms with Crippen molar-refractivity contribution in [2.45, 2.75) is 20.8 Å². The normalized spacial score (nSPS) is 10.2. The maximum absolute atomic E-state index is 12.4. The predicted molar refractivity (Wildman–Crippen MR) is 98.2 cm³/mol. The summed E-state index contributed by atoms with van der Waals surface area (Å²) in [5.41, 5.74) is 1.75. The standard InChI is InChI=1S/C18H20N2O4S/c1-11-12(2)25-17(19-13(3)21)16(11)18(23)24-10-15(22)20(4)14-8-6-5-7-9-14/h5-9H,10H2,1-4H3,(H,19,21). The number of anilines is 2. The predicted octanol–water partition coefficient (Wildman–Crippen LogP) is 3.14. The molecule has 1 heterocycles. The first-order chi connectivity index (χ1) is 11.8. The number of likely N-dealkylation sites (N-methyl/N-ethyl adjacent to an activating group) is 1. The summed E-state index contributed by atoms with van der Waals surface area (Å²) in [4.78, 5) is 38.3. The number of benzene rings is 1. The van der Waals surface area contributed by atoms with Crippen molar-refractivity contribution < 1.29 is 19.1 Å². The van der Waals surface area contributed by atoms with Crippen LogP contribution in [-0.2, 0) is 14.3 Å². The highest BCUT2D eigenvalue weighted by Gasteiger charge is 2.23. The fraction of sp³-hybridized carbons (Fsp3) is 0.278. The van der Waals surface area contributed by atoms with E-state index in [1.165, 1.54) is 23.2 Å². The maximum Gasteiger partial charge on any atom is 0.341 e. The second-order valence-electron chi connectivity index (χ2n) is 5.53. The Hall–Kier alpha value is -2.67. The minimum absolute atomic E-state index is 0.268. The number of nitrogens with zero attached hydrogens (tertiary/aromatic N) is 1. The van der Waals surface area contributed by atoms with E-state index in [-0.39, 0.29) is 18.4 Å². The summed E-state index contributed by atoms with van der Waals surface area (Å²) in [6.45, 7) is 4.64. The lowest BCUT2D eigenvalue weighted by Crippen LogP contribution is -2.31. The second-order valence-corrected chi connectivity index (χ2v) is 6.76. The molecule has 0 atom stereocenters. The highest BCUT2D eigenvalue weighted by molar-refractivity contribution is 7.16. The van der Waals surface area contributed by atoms with Crippen molar-refractivity contribution >= 4 is 39.8 Å².